The van der Waals surface area contributed by atoms with Crippen LogP contribution in [0.3, 0.4) is 0 Å². The molecule has 4 aliphatic carbocycles. The first-order valence-electron chi connectivity index (χ1n) is 11.7. The summed E-state index contributed by atoms with van der Waals surface area (Å²) >= 11 is 0.543. The van der Waals surface area contributed by atoms with E-state index in [0.717, 1.165) is 0 Å². The van der Waals surface area contributed by atoms with Crippen molar-refractivity contribution in [3.63, 3.8) is 0 Å². The van der Waals surface area contributed by atoms with Gasteiger partial charge in [0.15, 0.2) is 11.4 Å². The number of carbonyl (C=O) groups excluding carboxylic acids is 3. The van der Waals surface area contributed by atoms with Crippen molar-refractivity contribution < 1.29 is 32.6 Å². The molecule has 8 heteroatoms. The number of alkyl halides is 2. The molecule has 5 aliphatic rings. The van der Waals surface area contributed by atoms with Gasteiger partial charge in [0, 0.05) is 23.2 Å². The first kappa shape index (κ1) is 23.2. The van der Waals surface area contributed by atoms with Gasteiger partial charge in [0.1, 0.15) is 17.8 Å². The van der Waals surface area contributed by atoms with E-state index in [1.165, 1.54) is 12.2 Å². The van der Waals surface area contributed by atoms with Crippen molar-refractivity contribution in [2.45, 2.75) is 76.9 Å². The molecule has 1 saturated heterocycles. The molecule has 0 bridgehead atoms. The highest BCUT2D eigenvalue weighted by Gasteiger charge is 2.83. The molecule has 5 nitrogen and oxygen atoms in total. The van der Waals surface area contributed by atoms with Crippen molar-refractivity contribution >= 4 is 28.6 Å². The van der Waals surface area contributed by atoms with Crippen molar-refractivity contribution in [3.05, 3.63) is 23.8 Å². The van der Waals surface area contributed by atoms with E-state index in [0.29, 0.717) is 30.2 Å². The van der Waals surface area contributed by atoms with E-state index < -0.39 is 45.3 Å². The van der Waals surface area contributed by atoms with Gasteiger partial charge in [-0.05, 0) is 67.5 Å². The van der Waals surface area contributed by atoms with Crippen LogP contribution in [0, 0.1) is 28.6 Å². The number of thioether (sulfide) groups is 1. The number of esters is 1. The Labute approximate surface area is 196 Å². The van der Waals surface area contributed by atoms with Gasteiger partial charge in [-0.15, -0.1) is 0 Å². The minimum absolute atomic E-state index is 0.105. The highest BCUT2D eigenvalue weighted by molar-refractivity contribution is 8.13. The third-order valence-electron chi connectivity index (χ3n) is 9.51. The first-order chi connectivity index (χ1) is 15.5. The zero-order chi connectivity index (χ0) is 24.0. The second-order valence-electron chi connectivity index (χ2n) is 10.7. The van der Waals surface area contributed by atoms with Crippen LogP contribution in [-0.2, 0) is 23.9 Å². The fourth-order valence-electron chi connectivity index (χ4n) is 8.06. The van der Waals surface area contributed by atoms with Gasteiger partial charge >= 0.3 is 5.97 Å². The van der Waals surface area contributed by atoms with Crippen LogP contribution in [0.5, 0.6) is 0 Å². The summed E-state index contributed by atoms with van der Waals surface area (Å²) in [5.41, 5.74) is -3.22. The summed E-state index contributed by atoms with van der Waals surface area (Å²) in [5.74, 6) is -1.42. The Morgan fingerprint density at radius 1 is 1.27 bits per heavy atom. The fourth-order valence-corrected chi connectivity index (χ4v) is 8.85. The number of epoxide rings is 1. The minimum atomic E-state index is -1.49. The molecule has 1 heterocycles. The van der Waals surface area contributed by atoms with E-state index in [4.69, 9.17) is 9.47 Å². The lowest BCUT2D eigenvalue weighted by Gasteiger charge is -2.56. The molecule has 33 heavy (non-hydrogen) atoms. The highest BCUT2D eigenvalue weighted by atomic mass is 32.2. The van der Waals surface area contributed by atoms with Gasteiger partial charge in [-0.25, -0.2) is 8.78 Å². The SMILES string of the molecule is CCC(=O)O[C@]1(C(=O)SCF)[C@H](C)C[C@H]2[C@@H]3C[C@H](F)C4=CC(=O)C=C[C@]4(C)[C@@]34O[C@H]4C[C@@]21C. The number of fused-ring (bicyclic) bond motifs is 3. The Morgan fingerprint density at radius 2 is 2.00 bits per heavy atom. The normalized spacial score (nSPS) is 49.3. The van der Waals surface area contributed by atoms with Gasteiger partial charge in [-0.1, -0.05) is 26.8 Å². The quantitative estimate of drug-likeness (QED) is 0.436. The molecule has 1 spiro atoms. The maximum absolute atomic E-state index is 15.6. The molecule has 3 saturated carbocycles. The predicted molar refractivity (Wildman–Crippen MR) is 119 cm³/mol. The Morgan fingerprint density at radius 3 is 2.67 bits per heavy atom. The fraction of sp³-hybridized carbons (Fsp3) is 0.720. The molecule has 1 aliphatic heterocycles. The molecular formula is C25H30F2O5S. The van der Waals surface area contributed by atoms with Crippen LogP contribution in [0.15, 0.2) is 23.8 Å². The average molecular weight is 481 g/mol. The van der Waals surface area contributed by atoms with Crippen molar-refractivity contribution in [3.8, 4) is 0 Å². The summed E-state index contributed by atoms with van der Waals surface area (Å²) in [6, 6.07) is -0.900. The second-order valence-corrected chi connectivity index (χ2v) is 11.6. The summed E-state index contributed by atoms with van der Waals surface area (Å²) in [5, 5.41) is -0.472. The van der Waals surface area contributed by atoms with Crippen LogP contribution in [0.4, 0.5) is 8.78 Å². The number of ketones is 1. The van der Waals surface area contributed by atoms with Gasteiger partial charge in [0.05, 0.1) is 6.10 Å². The summed E-state index contributed by atoms with van der Waals surface area (Å²) in [6.07, 6.45) is 4.43. The predicted octanol–water partition coefficient (Wildman–Crippen LogP) is 4.50. The van der Waals surface area contributed by atoms with Crippen LogP contribution in [0.25, 0.3) is 0 Å². The molecule has 180 valence electrons. The largest absolute Gasteiger partial charge is 0.449 e. The molecule has 4 fully saturated rings. The van der Waals surface area contributed by atoms with Crippen LogP contribution < -0.4 is 0 Å². The average Bonchev–Trinajstić information content (AvgIpc) is 3.44. The number of ether oxygens (including phenoxy) is 2. The topological polar surface area (TPSA) is 73.0 Å². The smallest absolute Gasteiger partial charge is 0.306 e. The van der Waals surface area contributed by atoms with Crippen molar-refractivity contribution in [2.24, 2.45) is 28.6 Å². The molecule has 0 aromatic heterocycles. The van der Waals surface area contributed by atoms with E-state index in [1.807, 2.05) is 20.8 Å². The Kier molecular flexibility index (Phi) is 5.09. The number of hydrogen-bond donors (Lipinski definition) is 0. The number of hydrogen-bond acceptors (Lipinski definition) is 6. The molecule has 0 N–H and O–H groups in total. The van der Waals surface area contributed by atoms with Crippen LogP contribution in [0.2, 0.25) is 0 Å². The molecule has 0 unspecified atom stereocenters. The van der Waals surface area contributed by atoms with Crippen LogP contribution >= 0.6 is 11.8 Å². The highest BCUT2D eigenvalue weighted by Crippen LogP contribution is 2.77. The lowest BCUT2D eigenvalue weighted by atomic mass is 9.46. The third-order valence-corrected chi connectivity index (χ3v) is 10.2. The summed E-state index contributed by atoms with van der Waals surface area (Å²) in [4.78, 5) is 38.0. The zero-order valence-electron chi connectivity index (χ0n) is 19.4. The lowest BCUT2D eigenvalue weighted by Crippen LogP contribution is -2.63. The van der Waals surface area contributed by atoms with Crippen LogP contribution in [0.1, 0.15) is 53.4 Å². The standard InChI is InChI=1S/C25H30F2O5S/c1-5-20(29)32-24(21(30)33-12-26)13(2)8-15-16-10-18(27)17-9-14(28)6-7-22(17,3)25(16)19(31-25)11-23(15,24)4/h6-7,9,13,15-16,18-19H,5,8,10-12H2,1-4H3/t13-,15+,16+,18+,19+,22+,23+,24+,25-/m1/s1. The summed E-state index contributed by atoms with van der Waals surface area (Å²) < 4.78 is 41.3. The molecule has 9 atom stereocenters. The maximum Gasteiger partial charge on any atom is 0.306 e. The molecule has 0 aromatic carbocycles. The molecule has 0 aromatic rings. The van der Waals surface area contributed by atoms with Crippen molar-refractivity contribution in [1.29, 1.82) is 0 Å². The molecule has 5 rings (SSSR count). The van der Waals surface area contributed by atoms with Gasteiger partial charge in [0.2, 0.25) is 5.12 Å². The molecule has 0 radical (unpaired) electrons. The van der Waals surface area contributed by atoms with E-state index in [2.05, 4.69) is 0 Å². The maximum atomic E-state index is 15.6. The van der Waals surface area contributed by atoms with Crippen LogP contribution in [-0.4, -0.2) is 46.4 Å². The van der Waals surface area contributed by atoms with Gasteiger partial charge < -0.3 is 9.47 Å². The molecule has 0 amide bonds. The van der Waals surface area contributed by atoms with Gasteiger partial charge in [-0.3, -0.25) is 14.4 Å². The number of rotatable bonds is 4. The minimum Gasteiger partial charge on any atom is -0.449 e. The summed E-state index contributed by atoms with van der Waals surface area (Å²) in [7, 11) is 0. The van der Waals surface area contributed by atoms with Gasteiger partial charge in [-0.2, -0.15) is 0 Å². The molecular weight excluding hydrogens is 450 g/mol. The number of allylic oxidation sites excluding steroid dienone is 2. The Hall–Kier alpha value is -1.54. The van der Waals surface area contributed by atoms with E-state index in [1.54, 1.807) is 13.0 Å². The number of carbonyl (C=O) groups is 3. The lowest BCUT2D eigenvalue weighted by molar-refractivity contribution is -0.187. The van der Waals surface area contributed by atoms with E-state index in [9.17, 15) is 18.8 Å². The first-order valence-corrected chi connectivity index (χ1v) is 12.7. The second kappa shape index (κ2) is 7.23. The monoisotopic (exact) mass is 480 g/mol. The third kappa shape index (κ3) is 2.65. The van der Waals surface area contributed by atoms with E-state index >= 15 is 4.39 Å². The Bertz CT molecular complexity index is 995. The number of halogens is 2. The zero-order valence-corrected chi connectivity index (χ0v) is 20.2. The Balaban J connectivity index is 1.62. The van der Waals surface area contributed by atoms with Crippen molar-refractivity contribution in [2.75, 3.05) is 6.01 Å². The van der Waals surface area contributed by atoms with Gasteiger partial charge in [0.25, 0.3) is 0 Å². The van der Waals surface area contributed by atoms with E-state index in [-0.39, 0.29) is 42.5 Å². The van der Waals surface area contributed by atoms with Crippen molar-refractivity contribution in [1.82, 2.24) is 0 Å². The summed E-state index contributed by atoms with van der Waals surface area (Å²) in [6.45, 7) is 7.42.